The summed E-state index contributed by atoms with van der Waals surface area (Å²) in [6.07, 6.45) is 4.69. The molecule has 1 aromatic carbocycles. The molecule has 1 fully saturated rings. The average Bonchev–Trinajstić information content (AvgIpc) is 2.60. The van der Waals surface area contributed by atoms with Crippen molar-refractivity contribution >= 4 is 11.9 Å². The van der Waals surface area contributed by atoms with Gasteiger partial charge < -0.3 is 10.0 Å². The standard InChI is InChI=1S/C21H31NO3/c1-4-7-18(15(2)3)20(23)22-12-10-16(11-13-22)14-17-8-5-6-9-19(17)21(24)25/h5-6,8-9,15-16,18H,4,7,10-14H2,1-3H3,(H,24,25). The van der Waals surface area contributed by atoms with E-state index in [1.807, 2.05) is 17.0 Å². The third-order valence-electron chi connectivity index (χ3n) is 5.40. The summed E-state index contributed by atoms with van der Waals surface area (Å²) in [5.41, 5.74) is 1.31. The molecule has 0 saturated carbocycles. The fourth-order valence-electron chi connectivity index (χ4n) is 3.86. The van der Waals surface area contributed by atoms with Crippen molar-refractivity contribution in [2.75, 3.05) is 13.1 Å². The van der Waals surface area contributed by atoms with Crippen LogP contribution in [0.15, 0.2) is 24.3 Å². The number of hydrogen-bond donors (Lipinski definition) is 1. The highest BCUT2D eigenvalue weighted by Crippen LogP contribution is 2.27. The summed E-state index contributed by atoms with van der Waals surface area (Å²) in [5.74, 6) is 0.416. The van der Waals surface area contributed by atoms with Gasteiger partial charge in [0.05, 0.1) is 5.56 Å². The molecule has 1 saturated heterocycles. The first-order valence-corrected chi connectivity index (χ1v) is 9.54. The first kappa shape index (κ1) is 19.5. The Bertz CT molecular complexity index is 589. The molecule has 1 heterocycles. The Hall–Kier alpha value is -1.84. The maximum Gasteiger partial charge on any atom is 0.335 e. The lowest BCUT2D eigenvalue weighted by atomic mass is 9.86. The van der Waals surface area contributed by atoms with Crippen LogP contribution in [0, 0.1) is 17.8 Å². The van der Waals surface area contributed by atoms with Crippen molar-refractivity contribution in [3.05, 3.63) is 35.4 Å². The van der Waals surface area contributed by atoms with Crippen LogP contribution < -0.4 is 0 Å². The van der Waals surface area contributed by atoms with Gasteiger partial charge in [0, 0.05) is 19.0 Å². The third kappa shape index (κ3) is 5.07. The van der Waals surface area contributed by atoms with Crippen molar-refractivity contribution in [3.8, 4) is 0 Å². The van der Waals surface area contributed by atoms with Gasteiger partial charge in [-0.3, -0.25) is 4.79 Å². The van der Waals surface area contributed by atoms with Gasteiger partial charge in [-0.1, -0.05) is 45.4 Å². The maximum absolute atomic E-state index is 12.8. The number of aromatic carboxylic acids is 1. The molecule has 1 N–H and O–H groups in total. The molecular weight excluding hydrogens is 314 g/mol. The smallest absolute Gasteiger partial charge is 0.335 e. The molecule has 25 heavy (non-hydrogen) atoms. The van der Waals surface area contributed by atoms with Gasteiger partial charge in [0.1, 0.15) is 0 Å². The number of nitrogens with zero attached hydrogens (tertiary/aromatic N) is 1. The normalized spacial score (nSPS) is 16.9. The quantitative estimate of drug-likeness (QED) is 0.804. The van der Waals surface area contributed by atoms with Crippen molar-refractivity contribution in [2.45, 2.75) is 52.9 Å². The number of amides is 1. The Balaban J connectivity index is 1.94. The van der Waals surface area contributed by atoms with Gasteiger partial charge in [-0.2, -0.15) is 0 Å². The summed E-state index contributed by atoms with van der Waals surface area (Å²) in [6.45, 7) is 7.99. The van der Waals surface area contributed by atoms with Gasteiger partial charge in [0.15, 0.2) is 0 Å². The highest BCUT2D eigenvalue weighted by molar-refractivity contribution is 5.89. The SMILES string of the molecule is CCCC(C(=O)N1CCC(Cc2ccccc2C(=O)O)CC1)C(C)C. The van der Waals surface area contributed by atoms with Crippen molar-refractivity contribution in [1.29, 1.82) is 0 Å². The van der Waals surface area contributed by atoms with E-state index < -0.39 is 5.97 Å². The number of carbonyl (C=O) groups excluding carboxylic acids is 1. The fourth-order valence-corrected chi connectivity index (χ4v) is 3.86. The van der Waals surface area contributed by atoms with Gasteiger partial charge >= 0.3 is 5.97 Å². The molecule has 0 aliphatic carbocycles. The topological polar surface area (TPSA) is 57.6 Å². The van der Waals surface area contributed by atoms with Crippen LogP contribution in [-0.2, 0) is 11.2 Å². The van der Waals surface area contributed by atoms with Gasteiger partial charge in [-0.15, -0.1) is 0 Å². The predicted molar refractivity (Wildman–Crippen MR) is 99.6 cm³/mol. The number of piperidine rings is 1. The molecule has 4 nitrogen and oxygen atoms in total. The highest BCUT2D eigenvalue weighted by atomic mass is 16.4. The lowest BCUT2D eigenvalue weighted by molar-refractivity contribution is -0.138. The molecule has 4 heteroatoms. The van der Waals surface area contributed by atoms with Gasteiger partial charge in [-0.25, -0.2) is 4.79 Å². The second-order valence-electron chi connectivity index (χ2n) is 7.57. The van der Waals surface area contributed by atoms with Crippen molar-refractivity contribution in [3.63, 3.8) is 0 Å². The predicted octanol–water partition coefficient (Wildman–Crippen LogP) is 4.24. The highest BCUT2D eigenvalue weighted by Gasteiger charge is 2.29. The minimum Gasteiger partial charge on any atom is -0.478 e. The first-order valence-electron chi connectivity index (χ1n) is 9.54. The zero-order valence-corrected chi connectivity index (χ0v) is 15.7. The van der Waals surface area contributed by atoms with Gasteiger partial charge in [0.2, 0.25) is 5.91 Å². The van der Waals surface area contributed by atoms with Crippen LogP contribution in [0.4, 0.5) is 0 Å². The Morgan fingerprint density at radius 3 is 2.40 bits per heavy atom. The molecule has 1 unspecified atom stereocenters. The van der Waals surface area contributed by atoms with Crippen LogP contribution in [-0.4, -0.2) is 35.0 Å². The summed E-state index contributed by atoms with van der Waals surface area (Å²) < 4.78 is 0. The van der Waals surface area contributed by atoms with Crippen molar-refractivity contribution < 1.29 is 14.7 Å². The molecule has 138 valence electrons. The number of hydrogen-bond acceptors (Lipinski definition) is 2. The third-order valence-corrected chi connectivity index (χ3v) is 5.40. The number of carbonyl (C=O) groups is 2. The number of carboxylic acids is 1. The maximum atomic E-state index is 12.8. The van der Waals surface area contributed by atoms with Crippen LogP contribution in [0.2, 0.25) is 0 Å². The summed E-state index contributed by atoms with van der Waals surface area (Å²) in [4.78, 5) is 26.2. The van der Waals surface area contributed by atoms with Gasteiger partial charge in [-0.05, 0) is 49.1 Å². The number of likely N-dealkylation sites (tertiary alicyclic amines) is 1. The zero-order valence-electron chi connectivity index (χ0n) is 15.7. The summed E-state index contributed by atoms with van der Waals surface area (Å²) in [5, 5.41) is 9.32. The summed E-state index contributed by atoms with van der Waals surface area (Å²) in [7, 11) is 0. The van der Waals surface area contributed by atoms with E-state index in [4.69, 9.17) is 0 Å². The lowest BCUT2D eigenvalue weighted by Crippen LogP contribution is -2.43. The average molecular weight is 345 g/mol. The monoisotopic (exact) mass is 345 g/mol. The first-order chi connectivity index (χ1) is 11.9. The largest absolute Gasteiger partial charge is 0.478 e. The molecule has 0 spiro atoms. The van der Waals surface area contributed by atoms with Crippen molar-refractivity contribution in [2.24, 2.45) is 17.8 Å². The molecule has 1 aliphatic rings. The minimum absolute atomic E-state index is 0.134. The van der Waals surface area contributed by atoms with Crippen LogP contribution in [0.5, 0.6) is 0 Å². The van der Waals surface area contributed by atoms with E-state index >= 15 is 0 Å². The molecule has 0 bridgehead atoms. The van der Waals surface area contributed by atoms with E-state index in [1.54, 1.807) is 12.1 Å². The van der Waals surface area contributed by atoms with Crippen LogP contribution in [0.1, 0.15) is 62.4 Å². The molecular formula is C21H31NO3. The Morgan fingerprint density at radius 1 is 1.20 bits per heavy atom. The second kappa shape index (κ2) is 9.02. The summed E-state index contributed by atoms with van der Waals surface area (Å²) in [6, 6.07) is 7.26. The van der Waals surface area contributed by atoms with Crippen LogP contribution in [0.25, 0.3) is 0 Å². The molecule has 1 amide bonds. The lowest BCUT2D eigenvalue weighted by Gasteiger charge is -2.35. The van der Waals surface area contributed by atoms with Gasteiger partial charge in [0.25, 0.3) is 0 Å². The van der Waals surface area contributed by atoms with E-state index in [-0.39, 0.29) is 5.92 Å². The molecule has 0 aromatic heterocycles. The molecule has 1 aliphatic heterocycles. The Kier molecular flexibility index (Phi) is 7.03. The molecule has 0 radical (unpaired) electrons. The van der Waals surface area contributed by atoms with E-state index in [2.05, 4.69) is 20.8 Å². The number of carboxylic acid groups (broad SMARTS) is 1. The van der Waals surface area contributed by atoms with E-state index in [1.165, 1.54) is 0 Å². The van der Waals surface area contributed by atoms with Crippen molar-refractivity contribution in [1.82, 2.24) is 4.90 Å². The second-order valence-corrected chi connectivity index (χ2v) is 7.57. The Morgan fingerprint density at radius 2 is 1.84 bits per heavy atom. The van der Waals surface area contributed by atoms with E-state index in [9.17, 15) is 14.7 Å². The molecule has 1 aromatic rings. The fraction of sp³-hybridized carbons (Fsp3) is 0.619. The number of rotatable bonds is 7. The number of benzene rings is 1. The Labute approximate surface area is 151 Å². The van der Waals surface area contributed by atoms with E-state index in [0.29, 0.717) is 23.3 Å². The minimum atomic E-state index is -0.859. The molecule has 1 atom stereocenters. The van der Waals surface area contributed by atoms with E-state index in [0.717, 1.165) is 50.8 Å². The van der Waals surface area contributed by atoms with Crippen LogP contribution >= 0.6 is 0 Å². The molecule has 2 rings (SSSR count). The summed E-state index contributed by atoms with van der Waals surface area (Å²) >= 11 is 0. The zero-order chi connectivity index (χ0) is 18.4. The van der Waals surface area contributed by atoms with Crippen LogP contribution in [0.3, 0.4) is 0 Å².